The number of halogens is 3. The van der Waals surface area contributed by atoms with E-state index in [-0.39, 0.29) is 23.5 Å². The molecule has 0 heterocycles. The van der Waals surface area contributed by atoms with Crippen LogP contribution in [0.25, 0.3) is 0 Å². The van der Waals surface area contributed by atoms with Crippen molar-refractivity contribution in [2.45, 2.75) is 33.0 Å². The highest BCUT2D eigenvalue weighted by atomic mass is 19.4. The average Bonchev–Trinajstić information content (AvgIpc) is 2.66. The number of nitrogens with zero attached hydrogens (tertiary/aromatic N) is 1. The lowest BCUT2D eigenvalue weighted by atomic mass is 10.1. The molecule has 1 amide bonds. The molecule has 0 unspecified atom stereocenters. The predicted octanol–water partition coefficient (Wildman–Crippen LogP) is 5.23. The molecule has 0 aliphatic carbocycles. The first-order valence-corrected chi connectivity index (χ1v) is 8.91. The summed E-state index contributed by atoms with van der Waals surface area (Å²) in [7, 11) is 0. The molecule has 1 atom stereocenters. The quantitative estimate of drug-likeness (QED) is 0.560. The van der Waals surface area contributed by atoms with Crippen LogP contribution in [0.5, 0.6) is 0 Å². The summed E-state index contributed by atoms with van der Waals surface area (Å²) in [6.45, 7) is 6.02. The molecule has 4 nitrogen and oxygen atoms in total. The Hall–Kier alpha value is -2.83. The van der Waals surface area contributed by atoms with E-state index in [4.69, 9.17) is 4.74 Å². The van der Waals surface area contributed by atoms with Crippen molar-refractivity contribution in [1.82, 2.24) is 5.32 Å². The fourth-order valence-electron chi connectivity index (χ4n) is 2.34. The number of amidine groups is 1. The van der Waals surface area contributed by atoms with Crippen molar-refractivity contribution in [2.75, 3.05) is 6.61 Å². The summed E-state index contributed by atoms with van der Waals surface area (Å²) in [4.78, 5) is 16.9. The van der Waals surface area contributed by atoms with Crippen LogP contribution < -0.4 is 5.32 Å². The van der Waals surface area contributed by atoms with Gasteiger partial charge in [0, 0.05) is 5.56 Å². The van der Waals surface area contributed by atoms with Crippen molar-refractivity contribution in [2.24, 2.45) is 10.9 Å². The van der Waals surface area contributed by atoms with Gasteiger partial charge in [0.05, 0.1) is 18.2 Å². The minimum Gasteiger partial charge on any atom is -0.465 e. The Balaban J connectivity index is 2.22. The fraction of sp³-hybridized carbons (Fsp3) is 0.333. The zero-order valence-corrected chi connectivity index (χ0v) is 16.0. The van der Waals surface area contributed by atoms with Crippen LogP contribution in [0.15, 0.2) is 59.6 Å². The smallest absolute Gasteiger partial charge is 0.416 e. The van der Waals surface area contributed by atoms with Crippen LogP contribution in [-0.2, 0) is 10.9 Å². The molecule has 7 heteroatoms. The maximum absolute atomic E-state index is 12.9. The van der Waals surface area contributed by atoms with E-state index in [1.165, 1.54) is 12.1 Å². The van der Waals surface area contributed by atoms with E-state index in [2.05, 4.69) is 10.3 Å². The van der Waals surface area contributed by atoms with Crippen LogP contribution in [0.4, 0.5) is 13.2 Å². The Morgan fingerprint density at radius 1 is 1.07 bits per heavy atom. The van der Waals surface area contributed by atoms with Crippen LogP contribution in [0.3, 0.4) is 0 Å². The molecule has 0 aromatic heterocycles. The van der Waals surface area contributed by atoms with Gasteiger partial charge in [-0.25, -0.2) is 4.99 Å². The number of alkyl halides is 3. The second-order valence-electron chi connectivity index (χ2n) is 6.76. The summed E-state index contributed by atoms with van der Waals surface area (Å²) in [5.74, 6) is -0.531. The largest absolute Gasteiger partial charge is 0.465 e. The zero-order valence-electron chi connectivity index (χ0n) is 16.0. The van der Waals surface area contributed by atoms with Gasteiger partial charge in [-0.1, -0.05) is 50.2 Å². The molecule has 0 spiro atoms. The number of amides is 1. The van der Waals surface area contributed by atoms with E-state index in [1.807, 2.05) is 51.1 Å². The molecule has 0 fully saturated rings. The number of carbonyl (C=O) groups is 1. The van der Waals surface area contributed by atoms with Crippen molar-refractivity contribution in [1.29, 1.82) is 0 Å². The minimum atomic E-state index is -4.52. The maximum atomic E-state index is 12.9. The van der Waals surface area contributed by atoms with Gasteiger partial charge in [0.25, 0.3) is 11.9 Å². The van der Waals surface area contributed by atoms with Gasteiger partial charge in [0.2, 0.25) is 0 Å². The van der Waals surface area contributed by atoms with Gasteiger partial charge in [0.1, 0.15) is 0 Å². The number of carbonyl (C=O) groups excluding carboxylic acids is 1. The number of nitrogens with one attached hydrogen (secondary N) is 1. The molecule has 0 aliphatic heterocycles. The van der Waals surface area contributed by atoms with Crippen LogP contribution in [0, 0.1) is 5.92 Å². The molecule has 0 bridgehead atoms. The Kier molecular flexibility index (Phi) is 7.20. The van der Waals surface area contributed by atoms with Gasteiger partial charge in [0.15, 0.2) is 0 Å². The Morgan fingerprint density at radius 2 is 1.75 bits per heavy atom. The summed E-state index contributed by atoms with van der Waals surface area (Å²) in [6.07, 6.45) is -4.52. The number of benzene rings is 2. The predicted molar refractivity (Wildman–Crippen MR) is 102 cm³/mol. The first-order chi connectivity index (χ1) is 13.2. The molecular formula is C21H23F3N2O2. The zero-order chi connectivity index (χ0) is 20.7. The molecule has 0 radical (unpaired) electrons. The molecule has 2 aromatic rings. The monoisotopic (exact) mass is 392 g/mol. The number of hydrogen-bond acceptors (Lipinski definition) is 3. The molecule has 1 N–H and O–H groups in total. The van der Waals surface area contributed by atoms with Gasteiger partial charge in [-0.2, -0.15) is 13.2 Å². The molecule has 0 saturated carbocycles. The summed E-state index contributed by atoms with van der Waals surface area (Å²) in [5.41, 5.74) is -0.0936. The van der Waals surface area contributed by atoms with Crippen molar-refractivity contribution < 1.29 is 22.7 Å². The highest BCUT2D eigenvalue weighted by Gasteiger charge is 2.31. The highest BCUT2D eigenvalue weighted by molar-refractivity contribution is 6.04. The van der Waals surface area contributed by atoms with E-state index < -0.39 is 17.6 Å². The Bertz CT molecular complexity index is 818. The summed E-state index contributed by atoms with van der Waals surface area (Å²) in [5, 5.41) is 2.49. The second kappa shape index (κ2) is 9.39. The molecular weight excluding hydrogens is 369 g/mol. The molecule has 28 heavy (non-hydrogen) atoms. The average molecular weight is 392 g/mol. The Morgan fingerprint density at radius 3 is 2.36 bits per heavy atom. The lowest BCUT2D eigenvalue weighted by Gasteiger charge is -2.15. The first kappa shape index (κ1) is 21.5. The summed E-state index contributed by atoms with van der Waals surface area (Å²) < 4.78 is 44.2. The summed E-state index contributed by atoms with van der Waals surface area (Å²) in [6, 6.07) is 13.3. The van der Waals surface area contributed by atoms with Gasteiger partial charge in [-0.3, -0.25) is 10.1 Å². The lowest BCUT2D eigenvalue weighted by Crippen LogP contribution is -2.34. The van der Waals surface area contributed by atoms with Crippen molar-refractivity contribution in [3.63, 3.8) is 0 Å². The fourth-order valence-corrected chi connectivity index (χ4v) is 2.34. The van der Waals surface area contributed by atoms with E-state index in [0.29, 0.717) is 6.61 Å². The number of rotatable bonds is 5. The third-order valence-electron chi connectivity index (χ3n) is 3.82. The van der Waals surface area contributed by atoms with Crippen molar-refractivity contribution in [3.05, 3.63) is 71.3 Å². The topological polar surface area (TPSA) is 50.7 Å². The standard InChI is InChI=1S/C21H23F3N2O2/c1-14(2)13-28-20(25-15(3)16-8-5-4-6-9-16)26-19(27)17-10-7-11-18(12-17)21(22,23)24/h4-12,14-15H,13H2,1-3H3,(H,25,26,27)/t15-/m1/s1. The van der Waals surface area contributed by atoms with Gasteiger partial charge in [-0.05, 0) is 36.6 Å². The number of hydrogen-bond donors (Lipinski definition) is 1. The summed E-state index contributed by atoms with van der Waals surface area (Å²) >= 11 is 0. The SMILES string of the molecule is CC(C)COC(=N[C@H](C)c1ccccc1)NC(=O)c1cccc(C(F)(F)F)c1. The number of ether oxygens (including phenoxy) is 1. The molecule has 150 valence electrons. The normalized spacial score (nSPS) is 13.3. The maximum Gasteiger partial charge on any atom is 0.416 e. The second-order valence-corrected chi connectivity index (χ2v) is 6.76. The minimum absolute atomic E-state index is 0.0209. The molecule has 2 aromatic carbocycles. The van der Waals surface area contributed by atoms with Crippen molar-refractivity contribution in [3.8, 4) is 0 Å². The van der Waals surface area contributed by atoms with Crippen LogP contribution in [0.1, 0.15) is 48.3 Å². The number of aliphatic imine (C=N–C) groups is 1. The first-order valence-electron chi connectivity index (χ1n) is 8.91. The van der Waals surface area contributed by atoms with E-state index in [1.54, 1.807) is 0 Å². The highest BCUT2D eigenvalue weighted by Crippen LogP contribution is 2.29. The lowest BCUT2D eigenvalue weighted by molar-refractivity contribution is -0.137. The third-order valence-corrected chi connectivity index (χ3v) is 3.82. The van der Waals surface area contributed by atoms with Crippen LogP contribution >= 0.6 is 0 Å². The van der Waals surface area contributed by atoms with E-state index in [9.17, 15) is 18.0 Å². The van der Waals surface area contributed by atoms with Crippen LogP contribution in [0.2, 0.25) is 0 Å². The van der Waals surface area contributed by atoms with Gasteiger partial charge in [-0.15, -0.1) is 0 Å². The van der Waals surface area contributed by atoms with Crippen molar-refractivity contribution >= 4 is 11.9 Å². The molecule has 0 aliphatic rings. The van der Waals surface area contributed by atoms with E-state index >= 15 is 0 Å². The Labute approximate surface area is 162 Å². The molecule has 0 saturated heterocycles. The third kappa shape index (κ3) is 6.40. The van der Waals surface area contributed by atoms with Gasteiger partial charge >= 0.3 is 6.18 Å². The molecule has 2 rings (SSSR count). The van der Waals surface area contributed by atoms with Crippen LogP contribution in [-0.4, -0.2) is 18.5 Å². The van der Waals surface area contributed by atoms with E-state index in [0.717, 1.165) is 17.7 Å². The van der Waals surface area contributed by atoms with Gasteiger partial charge < -0.3 is 4.74 Å².